The second kappa shape index (κ2) is 3.60. The molecule has 0 N–H and O–H groups in total. The molecule has 2 aliphatic carbocycles. The molecule has 0 bridgehead atoms. The van der Waals surface area contributed by atoms with Crippen LogP contribution in [0.3, 0.4) is 0 Å². The summed E-state index contributed by atoms with van der Waals surface area (Å²) >= 11 is 0. The van der Waals surface area contributed by atoms with E-state index in [1.807, 2.05) is 0 Å². The first-order chi connectivity index (χ1) is 5.45. The van der Waals surface area contributed by atoms with Crippen molar-refractivity contribution in [3.63, 3.8) is 0 Å². The fourth-order valence-electron chi connectivity index (χ4n) is 2.68. The van der Waals surface area contributed by atoms with Crippen LogP contribution in [-0.2, 0) is 0 Å². The predicted molar refractivity (Wildman–Crippen MR) is 48.2 cm³/mol. The van der Waals surface area contributed by atoms with Gasteiger partial charge in [-0.15, -0.1) is 0 Å². The molecule has 0 heterocycles. The molecule has 0 heteroatoms. The van der Waals surface area contributed by atoms with E-state index in [-0.39, 0.29) is 0 Å². The van der Waals surface area contributed by atoms with E-state index in [0.717, 1.165) is 11.8 Å². The highest BCUT2D eigenvalue weighted by molar-refractivity contribution is 4.88. The van der Waals surface area contributed by atoms with Crippen LogP contribution in [0.25, 0.3) is 0 Å². The van der Waals surface area contributed by atoms with Gasteiger partial charge in [0.1, 0.15) is 0 Å². The summed E-state index contributed by atoms with van der Waals surface area (Å²) in [5.41, 5.74) is 0. The summed E-state index contributed by atoms with van der Waals surface area (Å²) in [6.07, 6.45) is 14.6. The third kappa shape index (κ3) is 1.98. The zero-order chi connectivity index (χ0) is 7.52. The van der Waals surface area contributed by atoms with Crippen LogP contribution in [0.2, 0.25) is 0 Å². The molecular weight excluding hydrogens is 132 g/mol. The topological polar surface area (TPSA) is 0 Å². The van der Waals surface area contributed by atoms with Crippen molar-refractivity contribution in [2.24, 2.45) is 11.8 Å². The fraction of sp³-hybridized carbons (Fsp3) is 0.909. The van der Waals surface area contributed by atoms with Gasteiger partial charge in [0.15, 0.2) is 0 Å². The van der Waals surface area contributed by atoms with Gasteiger partial charge in [0, 0.05) is 0 Å². The minimum Gasteiger partial charge on any atom is -0.0530 e. The van der Waals surface area contributed by atoms with Gasteiger partial charge in [0.05, 0.1) is 0 Å². The number of hydrogen-bond donors (Lipinski definition) is 0. The summed E-state index contributed by atoms with van der Waals surface area (Å²) in [7, 11) is 0. The summed E-state index contributed by atoms with van der Waals surface area (Å²) < 4.78 is 0. The van der Waals surface area contributed by atoms with E-state index in [0.29, 0.717) is 0 Å². The van der Waals surface area contributed by atoms with E-state index in [1.54, 1.807) is 0 Å². The van der Waals surface area contributed by atoms with Gasteiger partial charge in [-0.1, -0.05) is 51.4 Å². The molecule has 0 nitrogen and oxygen atoms in total. The minimum absolute atomic E-state index is 1.01. The van der Waals surface area contributed by atoms with Crippen LogP contribution >= 0.6 is 0 Å². The van der Waals surface area contributed by atoms with Crippen LogP contribution in [0.15, 0.2) is 0 Å². The van der Waals surface area contributed by atoms with Gasteiger partial charge in [-0.3, -0.25) is 0 Å². The van der Waals surface area contributed by atoms with Crippen LogP contribution in [0.1, 0.15) is 51.4 Å². The van der Waals surface area contributed by atoms with Gasteiger partial charge in [0.25, 0.3) is 0 Å². The van der Waals surface area contributed by atoms with Crippen LogP contribution in [0, 0.1) is 18.3 Å². The minimum atomic E-state index is 1.01. The Kier molecular flexibility index (Phi) is 2.50. The second-order valence-electron chi connectivity index (χ2n) is 4.28. The Balaban J connectivity index is 1.71. The van der Waals surface area contributed by atoms with Crippen molar-refractivity contribution in [1.29, 1.82) is 0 Å². The smallest absolute Gasteiger partial charge is 0.0324 e. The molecule has 2 rings (SSSR count). The third-order valence-electron chi connectivity index (χ3n) is 3.34. The standard InChI is InChI=1S/C11H19/c1-2-6-10(5-1)9-11-7-3-4-8-11/h9-11H,1-8H2. The Bertz CT molecular complexity index is 91.2. The molecule has 0 aromatic heterocycles. The van der Waals surface area contributed by atoms with Crippen LogP contribution in [0.4, 0.5) is 0 Å². The maximum atomic E-state index is 2.68. The summed E-state index contributed by atoms with van der Waals surface area (Å²) in [6, 6.07) is 0. The van der Waals surface area contributed by atoms with Gasteiger partial charge < -0.3 is 0 Å². The van der Waals surface area contributed by atoms with Crippen molar-refractivity contribution in [1.82, 2.24) is 0 Å². The Labute approximate surface area is 70.4 Å². The zero-order valence-electron chi connectivity index (χ0n) is 7.39. The first-order valence-corrected chi connectivity index (χ1v) is 5.30. The highest BCUT2D eigenvalue weighted by Gasteiger charge is 2.22. The van der Waals surface area contributed by atoms with Crippen LogP contribution in [0.5, 0.6) is 0 Å². The number of rotatable bonds is 2. The molecule has 0 atom stereocenters. The lowest BCUT2D eigenvalue weighted by Crippen LogP contribution is -2.03. The van der Waals surface area contributed by atoms with Crippen molar-refractivity contribution in [2.45, 2.75) is 51.4 Å². The molecule has 0 aliphatic heterocycles. The molecule has 0 aromatic rings. The molecule has 0 saturated heterocycles. The predicted octanol–water partition coefficient (Wildman–Crippen LogP) is 3.57. The summed E-state index contributed by atoms with van der Waals surface area (Å²) in [6.45, 7) is 0. The fourth-order valence-corrected chi connectivity index (χ4v) is 2.68. The third-order valence-corrected chi connectivity index (χ3v) is 3.34. The van der Waals surface area contributed by atoms with Gasteiger partial charge in [-0.25, -0.2) is 0 Å². The normalized spacial score (nSPS) is 28.4. The monoisotopic (exact) mass is 151 g/mol. The molecule has 0 aromatic carbocycles. The maximum absolute atomic E-state index is 2.68. The SMILES string of the molecule is [CH](C1CCCC1)C1CCCC1. The Hall–Kier alpha value is 0. The van der Waals surface area contributed by atoms with E-state index >= 15 is 0 Å². The average Bonchev–Trinajstić information content (AvgIpc) is 2.60. The molecule has 2 saturated carbocycles. The largest absolute Gasteiger partial charge is 0.0530 e. The highest BCUT2D eigenvalue weighted by atomic mass is 14.3. The van der Waals surface area contributed by atoms with Crippen molar-refractivity contribution in [2.75, 3.05) is 0 Å². The zero-order valence-corrected chi connectivity index (χ0v) is 7.39. The van der Waals surface area contributed by atoms with Crippen molar-refractivity contribution in [3.05, 3.63) is 6.42 Å². The molecule has 63 valence electrons. The van der Waals surface area contributed by atoms with Crippen molar-refractivity contribution in [3.8, 4) is 0 Å². The lowest BCUT2D eigenvalue weighted by atomic mass is 9.92. The molecular formula is C11H19. The lowest BCUT2D eigenvalue weighted by Gasteiger charge is -2.13. The lowest BCUT2D eigenvalue weighted by molar-refractivity contribution is 0.504. The maximum Gasteiger partial charge on any atom is -0.0324 e. The first-order valence-electron chi connectivity index (χ1n) is 5.30. The molecule has 2 fully saturated rings. The van der Waals surface area contributed by atoms with Gasteiger partial charge in [0.2, 0.25) is 0 Å². The molecule has 11 heavy (non-hydrogen) atoms. The Morgan fingerprint density at radius 3 is 1.36 bits per heavy atom. The van der Waals surface area contributed by atoms with E-state index in [2.05, 4.69) is 6.42 Å². The summed E-state index contributed by atoms with van der Waals surface area (Å²) in [5, 5.41) is 0. The van der Waals surface area contributed by atoms with E-state index in [1.165, 1.54) is 51.4 Å². The Morgan fingerprint density at radius 1 is 0.636 bits per heavy atom. The van der Waals surface area contributed by atoms with Crippen LogP contribution in [-0.4, -0.2) is 0 Å². The average molecular weight is 151 g/mol. The first kappa shape index (κ1) is 7.64. The van der Waals surface area contributed by atoms with Gasteiger partial charge in [-0.2, -0.15) is 0 Å². The van der Waals surface area contributed by atoms with Gasteiger partial charge >= 0.3 is 0 Å². The van der Waals surface area contributed by atoms with E-state index < -0.39 is 0 Å². The number of hydrogen-bond acceptors (Lipinski definition) is 0. The molecule has 0 amide bonds. The van der Waals surface area contributed by atoms with Gasteiger partial charge in [-0.05, 0) is 18.3 Å². The van der Waals surface area contributed by atoms with E-state index in [9.17, 15) is 0 Å². The summed E-state index contributed by atoms with van der Waals surface area (Å²) in [5.74, 6) is 2.02. The van der Waals surface area contributed by atoms with Crippen molar-refractivity contribution < 1.29 is 0 Å². The molecule has 0 unspecified atom stereocenters. The van der Waals surface area contributed by atoms with E-state index in [4.69, 9.17) is 0 Å². The Morgan fingerprint density at radius 2 is 1.00 bits per heavy atom. The van der Waals surface area contributed by atoms with Crippen molar-refractivity contribution >= 4 is 0 Å². The molecule has 1 radical (unpaired) electrons. The highest BCUT2D eigenvalue weighted by Crippen LogP contribution is 2.35. The molecule has 0 spiro atoms. The molecule has 2 aliphatic rings. The second-order valence-corrected chi connectivity index (χ2v) is 4.28. The quantitative estimate of drug-likeness (QED) is 0.566. The van der Waals surface area contributed by atoms with Crippen LogP contribution < -0.4 is 0 Å². The summed E-state index contributed by atoms with van der Waals surface area (Å²) in [4.78, 5) is 0.